The van der Waals surface area contributed by atoms with Crippen LogP contribution in [-0.4, -0.2) is 46.8 Å². The minimum Gasteiger partial charge on any atom is -0.477 e. The van der Waals surface area contributed by atoms with Gasteiger partial charge in [0.2, 0.25) is 5.43 Å². The van der Waals surface area contributed by atoms with Crippen molar-refractivity contribution in [3.63, 3.8) is 0 Å². The molecule has 0 atom stereocenters. The number of rotatable bonds is 4. The summed E-state index contributed by atoms with van der Waals surface area (Å²) in [6.07, 6.45) is 2.77. The van der Waals surface area contributed by atoms with Gasteiger partial charge in [-0.05, 0) is 31.2 Å². The average Bonchev–Trinajstić information content (AvgIpc) is 2.85. The summed E-state index contributed by atoms with van der Waals surface area (Å²) in [5.74, 6) is -3.74. The van der Waals surface area contributed by atoms with Crippen molar-refractivity contribution in [3.8, 4) is 0 Å². The van der Waals surface area contributed by atoms with Crippen LogP contribution >= 0.6 is 0 Å². The van der Waals surface area contributed by atoms with E-state index in [0.29, 0.717) is 55.1 Å². The van der Waals surface area contributed by atoms with Gasteiger partial charge in [0.05, 0.1) is 28.3 Å². The van der Waals surface area contributed by atoms with Gasteiger partial charge in [0.25, 0.3) is 0 Å². The van der Waals surface area contributed by atoms with E-state index in [1.807, 2.05) is 16.7 Å². The first-order valence-electron chi connectivity index (χ1n) is 11.1. The number of hydrogen-bond donors (Lipinski definition) is 1. The molecule has 1 fully saturated rings. The molecule has 0 spiro atoms. The lowest BCUT2D eigenvalue weighted by molar-refractivity contribution is 0.0695. The molecule has 0 amide bonds. The highest BCUT2D eigenvalue weighted by atomic mass is 19.2. The lowest BCUT2D eigenvalue weighted by atomic mass is 10.1. The summed E-state index contributed by atoms with van der Waals surface area (Å²) < 4.78 is 43.8. The van der Waals surface area contributed by atoms with Crippen LogP contribution in [0.2, 0.25) is 0 Å². The molecule has 35 heavy (non-hydrogen) atoms. The van der Waals surface area contributed by atoms with Crippen LogP contribution in [-0.2, 0) is 6.54 Å². The van der Waals surface area contributed by atoms with Crippen LogP contribution in [0, 0.1) is 17.5 Å². The van der Waals surface area contributed by atoms with E-state index >= 15 is 4.39 Å². The quantitative estimate of drug-likeness (QED) is 0.443. The van der Waals surface area contributed by atoms with Gasteiger partial charge in [-0.25, -0.2) is 18.0 Å². The first-order valence-corrected chi connectivity index (χ1v) is 11.1. The molecule has 1 N–H and O–H groups in total. The number of carbonyl (C=O) groups is 1. The minimum absolute atomic E-state index is 0.116. The van der Waals surface area contributed by atoms with Gasteiger partial charge in [0, 0.05) is 56.1 Å². The zero-order valence-electron chi connectivity index (χ0n) is 18.8. The number of nitrogens with zero attached hydrogens (tertiary/aromatic N) is 4. The molecule has 2 aromatic heterocycles. The number of anilines is 2. The summed E-state index contributed by atoms with van der Waals surface area (Å²) in [4.78, 5) is 32.7. The van der Waals surface area contributed by atoms with Gasteiger partial charge in [-0.3, -0.25) is 9.78 Å². The van der Waals surface area contributed by atoms with Gasteiger partial charge < -0.3 is 19.5 Å². The van der Waals surface area contributed by atoms with Gasteiger partial charge in [-0.2, -0.15) is 0 Å². The fourth-order valence-corrected chi connectivity index (χ4v) is 4.61. The van der Waals surface area contributed by atoms with E-state index in [-0.39, 0.29) is 16.3 Å². The first-order chi connectivity index (χ1) is 16.8. The average molecular weight is 482 g/mol. The van der Waals surface area contributed by atoms with Crippen LogP contribution in [0.1, 0.15) is 17.3 Å². The highest BCUT2D eigenvalue weighted by molar-refractivity contribution is 6.07. The number of carboxylic acid groups (broad SMARTS) is 1. The highest BCUT2D eigenvalue weighted by Crippen LogP contribution is 2.30. The number of aromatic carboxylic acids is 1. The third-order valence-electron chi connectivity index (χ3n) is 6.44. The van der Waals surface area contributed by atoms with E-state index < -0.39 is 28.8 Å². The topological polar surface area (TPSA) is 78.7 Å². The Hall–Kier alpha value is -4.08. The molecule has 180 valence electrons. The molecule has 10 heteroatoms. The third kappa shape index (κ3) is 3.84. The molecule has 0 bridgehead atoms. The van der Waals surface area contributed by atoms with Crippen molar-refractivity contribution in [3.05, 3.63) is 76.0 Å². The molecule has 1 saturated heterocycles. The number of aryl methyl sites for hydroxylation is 1. The Morgan fingerprint density at radius 2 is 1.71 bits per heavy atom. The zero-order valence-corrected chi connectivity index (χ0v) is 18.8. The van der Waals surface area contributed by atoms with Crippen LogP contribution in [0.15, 0.2) is 47.5 Å². The number of benzene rings is 2. The molecule has 0 aliphatic carbocycles. The Balaban J connectivity index is 1.52. The van der Waals surface area contributed by atoms with Crippen molar-refractivity contribution in [2.75, 3.05) is 36.0 Å². The Morgan fingerprint density at radius 1 is 1.00 bits per heavy atom. The molecule has 4 aromatic rings. The molecule has 1 aliphatic rings. The van der Waals surface area contributed by atoms with Crippen molar-refractivity contribution in [1.29, 1.82) is 0 Å². The fourth-order valence-electron chi connectivity index (χ4n) is 4.61. The summed E-state index contributed by atoms with van der Waals surface area (Å²) in [5, 5.41) is 9.83. The number of aromatic nitrogens is 2. The number of carboxylic acids is 1. The van der Waals surface area contributed by atoms with E-state index in [9.17, 15) is 23.5 Å². The Morgan fingerprint density at radius 3 is 2.37 bits per heavy atom. The van der Waals surface area contributed by atoms with E-state index in [2.05, 4.69) is 4.98 Å². The highest BCUT2D eigenvalue weighted by Gasteiger charge is 2.23. The normalized spacial score (nSPS) is 14.2. The molecule has 2 aromatic carbocycles. The Bertz CT molecular complexity index is 1550. The van der Waals surface area contributed by atoms with Crippen molar-refractivity contribution in [2.24, 2.45) is 0 Å². The van der Waals surface area contributed by atoms with E-state index in [1.165, 1.54) is 24.5 Å². The van der Waals surface area contributed by atoms with Gasteiger partial charge in [-0.1, -0.05) is 0 Å². The molecule has 0 radical (unpaired) electrons. The second-order valence-corrected chi connectivity index (χ2v) is 8.37. The molecular formula is C25H21F3N4O3. The maximum Gasteiger partial charge on any atom is 0.341 e. The van der Waals surface area contributed by atoms with E-state index in [4.69, 9.17) is 0 Å². The van der Waals surface area contributed by atoms with Gasteiger partial charge in [0.15, 0.2) is 11.6 Å². The van der Waals surface area contributed by atoms with Crippen molar-refractivity contribution < 1.29 is 23.1 Å². The van der Waals surface area contributed by atoms with Gasteiger partial charge in [0.1, 0.15) is 11.4 Å². The van der Waals surface area contributed by atoms with Crippen LogP contribution in [0.25, 0.3) is 21.8 Å². The number of piperazine rings is 1. The monoisotopic (exact) mass is 482 g/mol. The standard InChI is InChI=1S/C25H21F3N4O3/c1-2-30-13-16(25(34)35)24(33)23-15-10-19(28)21(11-20(15)29-12-22(23)30)32-7-5-31(6-8-32)14-3-4-17(26)18(27)9-14/h3-4,9-13H,2,5-8H2,1H3,(H,34,35). The van der Waals surface area contributed by atoms with E-state index in [0.717, 1.165) is 12.1 Å². The second kappa shape index (κ2) is 8.61. The predicted molar refractivity (Wildman–Crippen MR) is 127 cm³/mol. The number of pyridine rings is 2. The fraction of sp³-hybridized carbons (Fsp3) is 0.240. The van der Waals surface area contributed by atoms with Gasteiger partial charge >= 0.3 is 5.97 Å². The summed E-state index contributed by atoms with van der Waals surface area (Å²) in [5.41, 5.74) is 0.597. The van der Waals surface area contributed by atoms with E-state index in [1.54, 1.807) is 10.6 Å². The van der Waals surface area contributed by atoms with Crippen LogP contribution in [0.5, 0.6) is 0 Å². The van der Waals surface area contributed by atoms with Crippen LogP contribution in [0.3, 0.4) is 0 Å². The largest absolute Gasteiger partial charge is 0.477 e. The lowest BCUT2D eigenvalue weighted by Crippen LogP contribution is -2.46. The summed E-state index contributed by atoms with van der Waals surface area (Å²) >= 11 is 0. The molecular weight excluding hydrogens is 461 g/mol. The maximum absolute atomic E-state index is 15.3. The van der Waals surface area contributed by atoms with Crippen molar-refractivity contribution in [1.82, 2.24) is 9.55 Å². The lowest BCUT2D eigenvalue weighted by Gasteiger charge is -2.37. The zero-order chi connectivity index (χ0) is 24.9. The third-order valence-corrected chi connectivity index (χ3v) is 6.44. The second-order valence-electron chi connectivity index (χ2n) is 8.37. The molecule has 0 saturated carbocycles. The Labute approximate surface area is 197 Å². The number of hydrogen-bond acceptors (Lipinski definition) is 5. The van der Waals surface area contributed by atoms with Crippen LogP contribution < -0.4 is 15.2 Å². The predicted octanol–water partition coefficient (Wildman–Crippen LogP) is 4.01. The first kappa shape index (κ1) is 22.7. The Kier molecular flexibility index (Phi) is 5.58. The molecule has 3 heterocycles. The molecule has 7 nitrogen and oxygen atoms in total. The smallest absolute Gasteiger partial charge is 0.341 e. The molecule has 1 aliphatic heterocycles. The van der Waals surface area contributed by atoms with Crippen molar-refractivity contribution >= 4 is 39.1 Å². The summed E-state index contributed by atoms with van der Waals surface area (Å²) in [7, 11) is 0. The summed E-state index contributed by atoms with van der Waals surface area (Å²) in [6.45, 7) is 4.02. The maximum atomic E-state index is 15.3. The number of halogens is 3. The molecule has 5 rings (SSSR count). The number of fused-ring (bicyclic) bond motifs is 3. The summed E-state index contributed by atoms with van der Waals surface area (Å²) in [6, 6.07) is 6.52. The SMILES string of the molecule is CCn1cc(C(=O)O)c(=O)c2c3cc(F)c(N4CCN(c5ccc(F)c(F)c5)CC4)cc3ncc21. The van der Waals surface area contributed by atoms with Crippen molar-refractivity contribution in [2.45, 2.75) is 13.5 Å². The minimum atomic E-state index is -1.35. The van der Waals surface area contributed by atoms with Crippen LogP contribution in [0.4, 0.5) is 24.5 Å². The van der Waals surface area contributed by atoms with Gasteiger partial charge in [-0.15, -0.1) is 0 Å². The molecule has 0 unspecified atom stereocenters.